The number of fused-ring (bicyclic) bond motifs is 1. The standard InChI is InChI=1S/C14H22N4O2Si/c1-10-12-11(5-6-16-10)18(17-13(12)14(15)19)9-20-7-8-21(2,3)4/h5-6H,7-9H2,1-4H3,(H2,15,19). The first-order chi connectivity index (χ1) is 9.79. The third-order valence-corrected chi connectivity index (χ3v) is 5.00. The summed E-state index contributed by atoms with van der Waals surface area (Å²) in [7, 11) is -1.11. The first kappa shape index (κ1) is 15.7. The molecule has 2 N–H and O–H groups in total. The fourth-order valence-corrected chi connectivity index (χ4v) is 2.84. The van der Waals surface area contributed by atoms with Gasteiger partial charge in [-0.2, -0.15) is 5.10 Å². The Morgan fingerprint density at radius 2 is 2.14 bits per heavy atom. The number of nitrogens with two attached hydrogens (primary N) is 1. The van der Waals surface area contributed by atoms with Crippen LogP contribution in [0.1, 0.15) is 16.2 Å². The molecule has 0 aliphatic carbocycles. The predicted octanol–water partition coefficient (Wildman–Crippen LogP) is 2.15. The van der Waals surface area contributed by atoms with Crippen LogP contribution in [0.15, 0.2) is 12.3 Å². The molecule has 0 aliphatic rings. The summed E-state index contributed by atoms with van der Waals surface area (Å²) in [5, 5.41) is 4.98. The fraction of sp³-hybridized carbons (Fsp3) is 0.500. The molecule has 2 aromatic rings. The van der Waals surface area contributed by atoms with Gasteiger partial charge in [0.2, 0.25) is 0 Å². The van der Waals surface area contributed by atoms with Gasteiger partial charge in [-0.3, -0.25) is 9.78 Å². The second-order valence-corrected chi connectivity index (χ2v) is 12.0. The molecule has 0 saturated heterocycles. The summed E-state index contributed by atoms with van der Waals surface area (Å²) in [6.07, 6.45) is 1.70. The number of aromatic nitrogens is 3. The zero-order valence-corrected chi connectivity index (χ0v) is 14.0. The molecule has 6 nitrogen and oxygen atoms in total. The number of ether oxygens (including phenoxy) is 1. The van der Waals surface area contributed by atoms with Crippen LogP contribution in [0, 0.1) is 6.92 Å². The van der Waals surface area contributed by atoms with E-state index in [4.69, 9.17) is 10.5 Å². The highest BCUT2D eigenvalue weighted by Gasteiger charge is 2.17. The molecular formula is C14H22N4O2Si. The SMILES string of the molecule is Cc1nccc2c1c(C(N)=O)nn2COCC[Si](C)(C)C. The molecule has 21 heavy (non-hydrogen) atoms. The molecule has 2 heterocycles. The fourth-order valence-electron chi connectivity index (χ4n) is 2.09. The van der Waals surface area contributed by atoms with Crippen molar-refractivity contribution in [2.45, 2.75) is 39.3 Å². The molecule has 0 fully saturated rings. The van der Waals surface area contributed by atoms with Crippen LogP contribution in [0.3, 0.4) is 0 Å². The third-order valence-electron chi connectivity index (χ3n) is 3.30. The van der Waals surface area contributed by atoms with Crippen LogP contribution < -0.4 is 5.73 Å². The van der Waals surface area contributed by atoms with Crippen molar-refractivity contribution in [2.24, 2.45) is 5.73 Å². The van der Waals surface area contributed by atoms with Crippen molar-refractivity contribution in [3.8, 4) is 0 Å². The van der Waals surface area contributed by atoms with Gasteiger partial charge in [-0.1, -0.05) is 19.6 Å². The Labute approximate surface area is 125 Å². The van der Waals surface area contributed by atoms with E-state index in [1.54, 1.807) is 10.9 Å². The lowest BCUT2D eigenvalue weighted by Crippen LogP contribution is -2.22. The van der Waals surface area contributed by atoms with E-state index < -0.39 is 14.0 Å². The van der Waals surface area contributed by atoms with E-state index >= 15 is 0 Å². The monoisotopic (exact) mass is 306 g/mol. The van der Waals surface area contributed by atoms with Gasteiger partial charge in [0.05, 0.1) is 10.9 Å². The number of carbonyl (C=O) groups is 1. The van der Waals surface area contributed by atoms with Crippen molar-refractivity contribution in [3.05, 3.63) is 23.7 Å². The lowest BCUT2D eigenvalue weighted by Gasteiger charge is -2.15. The maximum atomic E-state index is 11.5. The van der Waals surface area contributed by atoms with E-state index in [0.717, 1.165) is 17.3 Å². The Balaban J connectivity index is 2.21. The number of hydrogen-bond acceptors (Lipinski definition) is 4. The number of rotatable bonds is 6. The minimum absolute atomic E-state index is 0.254. The van der Waals surface area contributed by atoms with Crippen LogP contribution >= 0.6 is 0 Å². The Hall–Kier alpha value is -1.73. The summed E-state index contributed by atoms with van der Waals surface area (Å²) in [6, 6.07) is 2.92. The lowest BCUT2D eigenvalue weighted by atomic mass is 10.2. The average Bonchev–Trinajstić information content (AvgIpc) is 2.74. The molecule has 2 aromatic heterocycles. The number of aryl methyl sites for hydroxylation is 1. The van der Waals surface area contributed by atoms with E-state index in [1.165, 1.54) is 0 Å². The van der Waals surface area contributed by atoms with Crippen molar-refractivity contribution in [1.29, 1.82) is 0 Å². The van der Waals surface area contributed by atoms with Crippen LogP contribution in [0.4, 0.5) is 0 Å². The second kappa shape index (κ2) is 5.95. The molecule has 7 heteroatoms. The summed E-state index contributed by atoms with van der Waals surface area (Å²) in [5.74, 6) is -0.544. The van der Waals surface area contributed by atoms with Crippen LogP contribution in [0.5, 0.6) is 0 Å². The molecule has 0 unspecified atom stereocenters. The number of hydrogen-bond donors (Lipinski definition) is 1. The van der Waals surface area contributed by atoms with E-state index in [-0.39, 0.29) is 5.69 Å². The van der Waals surface area contributed by atoms with Gasteiger partial charge < -0.3 is 10.5 Å². The molecule has 0 aromatic carbocycles. The zero-order chi connectivity index (χ0) is 15.6. The van der Waals surface area contributed by atoms with Gasteiger partial charge in [-0.05, 0) is 19.0 Å². The molecule has 1 amide bonds. The number of nitrogens with zero attached hydrogens (tertiary/aromatic N) is 3. The van der Waals surface area contributed by atoms with Crippen molar-refractivity contribution in [1.82, 2.24) is 14.8 Å². The van der Waals surface area contributed by atoms with Crippen molar-refractivity contribution in [2.75, 3.05) is 6.61 Å². The summed E-state index contributed by atoms with van der Waals surface area (Å²) in [4.78, 5) is 15.7. The zero-order valence-electron chi connectivity index (χ0n) is 13.0. The van der Waals surface area contributed by atoms with Crippen molar-refractivity contribution < 1.29 is 9.53 Å². The highest BCUT2D eigenvalue weighted by atomic mass is 28.3. The Morgan fingerprint density at radius 1 is 1.43 bits per heavy atom. The predicted molar refractivity (Wildman–Crippen MR) is 84.9 cm³/mol. The highest BCUT2D eigenvalue weighted by molar-refractivity contribution is 6.76. The summed E-state index contributed by atoms with van der Waals surface area (Å²) in [5.41, 5.74) is 7.22. The molecule has 114 valence electrons. The highest BCUT2D eigenvalue weighted by Crippen LogP contribution is 2.20. The van der Waals surface area contributed by atoms with Gasteiger partial charge in [0.15, 0.2) is 5.69 Å². The minimum atomic E-state index is -1.11. The summed E-state index contributed by atoms with van der Waals surface area (Å²) >= 11 is 0. The van der Waals surface area contributed by atoms with E-state index in [2.05, 4.69) is 29.7 Å². The van der Waals surface area contributed by atoms with Gasteiger partial charge in [-0.25, -0.2) is 4.68 Å². The van der Waals surface area contributed by atoms with E-state index in [0.29, 0.717) is 18.7 Å². The smallest absolute Gasteiger partial charge is 0.269 e. The minimum Gasteiger partial charge on any atom is -0.364 e. The molecule has 0 spiro atoms. The molecule has 0 saturated carbocycles. The molecule has 0 radical (unpaired) electrons. The first-order valence-electron chi connectivity index (χ1n) is 6.99. The molecule has 2 rings (SSSR count). The molecular weight excluding hydrogens is 284 g/mol. The van der Waals surface area contributed by atoms with Gasteiger partial charge in [0, 0.05) is 26.6 Å². The average molecular weight is 306 g/mol. The van der Waals surface area contributed by atoms with Gasteiger partial charge in [0.1, 0.15) is 6.73 Å². The third kappa shape index (κ3) is 3.67. The lowest BCUT2D eigenvalue weighted by molar-refractivity contribution is 0.0808. The van der Waals surface area contributed by atoms with Crippen LogP contribution in [-0.4, -0.2) is 35.4 Å². The van der Waals surface area contributed by atoms with Crippen molar-refractivity contribution >= 4 is 24.9 Å². The maximum absolute atomic E-state index is 11.5. The van der Waals surface area contributed by atoms with Crippen LogP contribution in [0.2, 0.25) is 25.7 Å². The van der Waals surface area contributed by atoms with Gasteiger partial charge >= 0.3 is 0 Å². The number of primary amides is 1. The Kier molecular flexibility index (Phi) is 4.43. The number of carbonyl (C=O) groups excluding carboxylic acids is 1. The molecule has 0 aliphatic heterocycles. The van der Waals surface area contributed by atoms with Crippen LogP contribution in [0.25, 0.3) is 10.9 Å². The normalized spacial score (nSPS) is 12.0. The molecule has 0 atom stereocenters. The summed E-state index contributed by atoms with van der Waals surface area (Å²) in [6.45, 7) is 9.78. The van der Waals surface area contributed by atoms with Gasteiger partial charge in [-0.15, -0.1) is 0 Å². The van der Waals surface area contributed by atoms with E-state index in [1.807, 2.05) is 13.0 Å². The maximum Gasteiger partial charge on any atom is 0.269 e. The number of amides is 1. The van der Waals surface area contributed by atoms with Gasteiger partial charge in [0.25, 0.3) is 5.91 Å². The largest absolute Gasteiger partial charge is 0.364 e. The summed E-state index contributed by atoms with van der Waals surface area (Å²) < 4.78 is 7.37. The Bertz CT molecular complexity index is 661. The quantitative estimate of drug-likeness (QED) is 0.655. The van der Waals surface area contributed by atoms with Crippen LogP contribution in [-0.2, 0) is 11.5 Å². The first-order valence-corrected chi connectivity index (χ1v) is 10.7. The topological polar surface area (TPSA) is 83.0 Å². The molecule has 0 bridgehead atoms. The van der Waals surface area contributed by atoms with Crippen molar-refractivity contribution in [3.63, 3.8) is 0 Å². The second-order valence-electron chi connectivity index (χ2n) is 6.35. The number of pyridine rings is 1. The Morgan fingerprint density at radius 3 is 2.76 bits per heavy atom. The van der Waals surface area contributed by atoms with E-state index in [9.17, 15) is 4.79 Å².